The summed E-state index contributed by atoms with van der Waals surface area (Å²) in [6.45, 7) is 2.13. The lowest BCUT2D eigenvalue weighted by atomic mass is 10.1. The summed E-state index contributed by atoms with van der Waals surface area (Å²) in [5.74, 6) is 0. The Hall–Kier alpha value is -0.570. The fourth-order valence-electron chi connectivity index (χ4n) is 1.94. The lowest BCUT2D eigenvalue weighted by molar-refractivity contribution is 0.486. The van der Waals surface area contributed by atoms with Crippen molar-refractivity contribution in [3.8, 4) is 0 Å². The highest BCUT2D eigenvalue weighted by Crippen LogP contribution is 2.15. The van der Waals surface area contributed by atoms with E-state index in [1.807, 2.05) is 18.2 Å². The topological polar surface area (TPSA) is 24.1 Å². The zero-order valence-corrected chi connectivity index (χ0v) is 9.56. The minimum atomic E-state index is 0.507. The normalized spacial score (nSPS) is 20.7. The quantitative estimate of drug-likeness (QED) is 0.820. The Bertz CT molecular complexity index is 308. The van der Waals surface area contributed by atoms with Crippen molar-refractivity contribution in [2.45, 2.75) is 25.4 Å². The predicted octanol–water partition coefficient (Wildman–Crippen LogP) is 2.18. The second-order valence-electron chi connectivity index (χ2n) is 3.94. The van der Waals surface area contributed by atoms with Crippen LogP contribution in [0.15, 0.2) is 24.3 Å². The van der Waals surface area contributed by atoms with Gasteiger partial charge in [-0.2, -0.15) is 0 Å². The van der Waals surface area contributed by atoms with Gasteiger partial charge < -0.3 is 10.6 Å². The van der Waals surface area contributed by atoms with Gasteiger partial charge in [-0.25, -0.2) is 0 Å². The highest BCUT2D eigenvalue weighted by molar-refractivity contribution is 6.31. The Balaban J connectivity index is 1.75. The van der Waals surface area contributed by atoms with E-state index in [4.69, 9.17) is 11.6 Å². The molecule has 2 rings (SSSR count). The number of halogens is 1. The molecule has 3 heteroatoms. The van der Waals surface area contributed by atoms with Crippen molar-refractivity contribution < 1.29 is 0 Å². The lowest BCUT2D eigenvalue weighted by Gasteiger charge is -2.12. The van der Waals surface area contributed by atoms with E-state index in [0.29, 0.717) is 6.17 Å². The molecule has 82 valence electrons. The summed E-state index contributed by atoms with van der Waals surface area (Å²) < 4.78 is 0. The Morgan fingerprint density at radius 2 is 2.27 bits per heavy atom. The molecule has 0 radical (unpaired) electrons. The summed E-state index contributed by atoms with van der Waals surface area (Å²) in [5.41, 5.74) is 1.23. The number of rotatable bonds is 4. The van der Waals surface area contributed by atoms with Crippen molar-refractivity contribution >= 4 is 11.6 Å². The molecule has 1 aromatic rings. The van der Waals surface area contributed by atoms with Gasteiger partial charge in [-0.05, 0) is 37.4 Å². The number of hydrogen-bond donors (Lipinski definition) is 2. The first-order valence-electron chi connectivity index (χ1n) is 5.56. The molecular formula is C12H17ClN2. The average molecular weight is 225 g/mol. The van der Waals surface area contributed by atoms with Crippen LogP contribution in [-0.4, -0.2) is 19.3 Å². The van der Waals surface area contributed by atoms with E-state index in [9.17, 15) is 0 Å². The zero-order chi connectivity index (χ0) is 10.5. The van der Waals surface area contributed by atoms with Crippen LogP contribution < -0.4 is 10.6 Å². The number of nitrogens with one attached hydrogen (secondary N) is 2. The van der Waals surface area contributed by atoms with Crippen LogP contribution in [-0.2, 0) is 6.42 Å². The van der Waals surface area contributed by atoms with E-state index in [0.717, 1.165) is 24.5 Å². The summed E-state index contributed by atoms with van der Waals surface area (Å²) in [4.78, 5) is 0. The number of hydrogen-bond acceptors (Lipinski definition) is 2. The Morgan fingerprint density at radius 1 is 1.40 bits per heavy atom. The molecule has 0 spiro atoms. The van der Waals surface area contributed by atoms with Crippen LogP contribution in [0.25, 0.3) is 0 Å². The average Bonchev–Trinajstić information content (AvgIpc) is 2.74. The van der Waals surface area contributed by atoms with Crippen molar-refractivity contribution in [3.63, 3.8) is 0 Å². The van der Waals surface area contributed by atoms with E-state index in [1.165, 1.54) is 18.4 Å². The molecule has 0 saturated carbocycles. The van der Waals surface area contributed by atoms with Gasteiger partial charge in [-0.15, -0.1) is 0 Å². The van der Waals surface area contributed by atoms with Crippen LogP contribution in [0.5, 0.6) is 0 Å². The maximum atomic E-state index is 6.08. The van der Waals surface area contributed by atoms with Gasteiger partial charge in [-0.1, -0.05) is 29.8 Å². The van der Waals surface area contributed by atoms with Crippen molar-refractivity contribution in [2.75, 3.05) is 13.1 Å². The molecule has 1 unspecified atom stereocenters. The van der Waals surface area contributed by atoms with Gasteiger partial charge in [0.1, 0.15) is 0 Å². The SMILES string of the molecule is Clc1ccccc1CCNC1CCCN1. The summed E-state index contributed by atoms with van der Waals surface area (Å²) in [6.07, 6.45) is 4.02. The van der Waals surface area contributed by atoms with E-state index in [1.54, 1.807) is 0 Å². The van der Waals surface area contributed by atoms with Crippen LogP contribution in [0.3, 0.4) is 0 Å². The highest BCUT2D eigenvalue weighted by Gasteiger charge is 2.12. The third-order valence-corrected chi connectivity index (χ3v) is 3.17. The monoisotopic (exact) mass is 224 g/mol. The van der Waals surface area contributed by atoms with Gasteiger partial charge in [0.15, 0.2) is 0 Å². The lowest BCUT2D eigenvalue weighted by Crippen LogP contribution is -2.38. The third kappa shape index (κ3) is 3.20. The van der Waals surface area contributed by atoms with Gasteiger partial charge in [0.2, 0.25) is 0 Å². The standard InChI is InChI=1S/C12H17ClN2/c13-11-5-2-1-4-10(11)7-9-15-12-6-3-8-14-12/h1-2,4-5,12,14-15H,3,6-9H2. The smallest absolute Gasteiger partial charge is 0.0572 e. The third-order valence-electron chi connectivity index (χ3n) is 2.80. The molecule has 1 aliphatic heterocycles. The first-order valence-corrected chi connectivity index (χ1v) is 5.94. The predicted molar refractivity (Wildman–Crippen MR) is 64.2 cm³/mol. The molecule has 15 heavy (non-hydrogen) atoms. The van der Waals surface area contributed by atoms with Crippen LogP contribution >= 0.6 is 11.6 Å². The van der Waals surface area contributed by atoms with Gasteiger partial charge in [-0.3, -0.25) is 0 Å². The van der Waals surface area contributed by atoms with E-state index < -0.39 is 0 Å². The van der Waals surface area contributed by atoms with E-state index in [2.05, 4.69) is 16.7 Å². The number of benzene rings is 1. The minimum absolute atomic E-state index is 0.507. The first-order chi connectivity index (χ1) is 7.36. The van der Waals surface area contributed by atoms with Gasteiger partial charge in [0, 0.05) is 11.6 Å². The molecule has 1 aromatic carbocycles. The second kappa shape index (κ2) is 5.50. The van der Waals surface area contributed by atoms with Crippen molar-refractivity contribution in [1.82, 2.24) is 10.6 Å². The molecule has 2 N–H and O–H groups in total. The van der Waals surface area contributed by atoms with Crippen LogP contribution in [0.1, 0.15) is 18.4 Å². The molecular weight excluding hydrogens is 208 g/mol. The fourth-order valence-corrected chi connectivity index (χ4v) is 2.17. The maximum Gasteiger partial charge on any atom is 0.0572 e. The first kappa shape index (κ1) is 10.9. The largest absolute Gasteiger partial charge is 0.302 e. The molecule has 0 amide bonds. The summed E-state index contributed by atoms with van der Waals surface area (Å²) >= 11 is 6.08. The molecule has 1 fully saturated rings. The van der Waals surface area contributed by atoms with E-state index in [-0.39, 0.29) is 0 Å². The van der Waals surface area contributed by atoms with Crippen molar-refractivity contribution in [3.05, 3.63) is 34.9 Å². The fraction of sp³-hybridized carbons (Fsp3) is 0.500. The molecule has 0 aromatic heterocycles. The molecule has 1 saturated heterocycles. The van der Waals surface area contributed by atoms with Crippen molar-refractivity contribution in [1.29, 1.82) is 0 Å². The van der Waals surface area contributed by atoms with Crippen LogP contribution in [0.2, 0.25) is 5.02 Å². The van der Waals surface area contributed by atoms with Crippen LogP contribution in [0, 0.1) is 0 Å². The summed E-state index contributed by atoms with van der Waals surface area (Å²) in [5, 5.41) is 7.77. The molecule has 2 nitrogen and oxygen atoms in total. The van der Waals surface area contributed by atoms with E-state index >= 15 is 0 Å². The summed E-state index contributed by atoms with van der Waals surface area (Å²) in [7, 11) is 0. The highest BCUT2D eigenvalue weighted by atomic mass is 35.5. The summed E-state index contributed by atoms with van der Waals surface area (Å²) in [6, 6.07) is 8.05. The van der Waals surface area contributed by atoms with Gasteiger partial charge in [0.25, 0.3) is 0 Å². The Labute approximate surface area is 96.0 Å². The van der Waals surface area contributed by atoms with Crippen molar-refractivity contribution in [2.24, 2.45) is 0 Å². The molecule has 0 bridgehead atoms. The zero-order valence-electron chi connectivity index (χ0n) is 8.80. The molecule has 1 atom stereocenters. The Kier molecular flexibility index (Phi) is 4.01. The maximum absolute atomic E-state index is 6.08. The van der Waals surface area contributed by atoms with Crippen LogP contribution in [0.4, 0.5) is 0 Å². The minimum Gasteiger partial charge on any atom is -0.302 e. The van der Waals surface area contributed by atoms with Gasteiger partial charge >= 0.3 is 0 Å². The van der Waals surface area contributed by atoms with Gasteiger partial charge in [0.05, 0.1) is 6.17 Å². The molecule has 1 aliphatic rings. The second-order valence-corrected chi connectivity index (χ2v) is 4.35. The Morgan fingerprint density at radius 3 is 3.00 bits per heavy atom. The molecule has 1 heterocycles. The molecule has 0 aliphatic carbocycles.